The second-order valence-corrected chi connectivity index (χ2v) is 14.5. The average molecular weight is 741 g/mol. The number of fused-ring (bicyclic) bond motifs is 2. The van der Waals surface area contributed by atoms with Crippen LogP contribution in [0, 0.1) is 0 Å². The topological polar surface area (TPSA) is 138 Å². The molecule has 2 aromatic heterocycles. The summed E-state index contributed by atoms with van der Waals surface area (Å²) in [5.41, 5.74) is 15.2. The van der Waals surface area contributed by atoms with Crippen molar-refractivity contribution >= 4 is 39.3 Å². The van der Waals surface area contributed by atoms with E-state index in [0.29, 0.717) is 49.1 Å². The number of unbranched alkanes of at least 4 members (excludes halogenated alkanes) is 2. The van der Waals surface area contributed by atoms with E-state index in [9.17, 15) is 4.79 Å². The molecule has 4 aromatic carbocycles. The summed E-state index contributed by atoms with van der Waals surface area (Å²) >= 11 is 0. The first kappa shape index (κ1) is 36.0. The van der Waals surface area contributed by atoms with E-state index in [2.05, 4.69) is 63.7 Å². The Labute approximate surface area is 320 Å². The van der Waals surface area contributed by atoms with Crippen LogP contribution in [0.1, 0.15) is 36.0 Å². The molecule has 0 aliphatic carbocycles. The Bertz CT molecular complexity index is 2320. The number of nitrogens with two attached hydrogens (primary N) is 1. The Kier molecular flexibility index (Phi) is 10.3. The van der Waals surface area contributed by atoms with E-state index in [1.54, 1.807) is 24.1 Å². The van der Waals surface area contributed by atoms with Crippen LogP contribution in [0.2, 0.25) is 0 Å². The number of aromatic nitrogens is 4. The van der Waals surface area contributed by atoms with Crippen molar-refractivity contribution in [3.8, 4) is 40.0 Å². The lowest BCUT2D eigenvalue weighted by Gasteiger charge is -2.34. The van der Waals surface area contributed by atoms with Crippen molar-refractivity contribution in [2.75, 3.05) is 77.3 Å². The number of likely N-dealkylation sites (N-methyl/N-ethyl adjacent to an activating group) is 1. The number of rotatable bonds is 13. The number of nitrogens with zero attached hydrogens (tertiary/aromatic N) is 5. The molecular weight excluding hydrogens is 693 g/mol. The van der Waals surface area contributed by atoms with Crippen LogP contribution in [0.4, 0.5) is 11.4 Å². The van der Waals surface area contributed by atoms with Gasteiger partial charge >= 0.3 is 0 Å². The zero-order chi connectivity index (χ0) is 37.9. The van der Waals surface area contributed by atoms with Gasteiger partial charge in [0.05, 0.1) is 48.0 Å². The normalized spacial score (nSPS) is 15.0. The number of piperazine rings is 1. The van der Waals surface area contributed by atoms with Crippen LogP contribution in [0.5, 0.6) is 17.2 Å². The van der Waals surface area contributed by atoms with Crippen LogP contribution in [0.15, 0.2) is 84.9 Å². The van der Waals surface area contributed by atoms with E-state index in [0.717, 1.165) is 108 Å². The summed E-state index contributed by atoms with van der Waals surface area (Å²) in [6.07, 6.45) is 3.47. The highest BCUT2D eigenvalue weighted by Crippen LogP contribution is 2.34. The zero-order valence-electron chi connectivity index (χ0n) is 31.6. The molecule has 0 unspecified atom stereocenters. The van der Waals surface area contributed by atoms with Crippen molar-refractivity contribution in [3.63, 3.8) is 0 Å². The number of H-pyrrole nitrogens is 2. The van der Waals surface area contributed by atoms with Gasteiger partial charge in [-0.05, 0) is 99.5 Å². The summed E-state index contributed by atoms with van der Waals surface area (Å²) < 4.78 is 17.5. The first-order valence-corrected chi connectivity index (χ1v) is 19.0. The van der Waals surface area contributed by atoms with E-state index in [1.165, 1.54) is 5.69 Å². The molecule has 2 aliphatic heterocycles. The summed E-state index contributed by atoms with van der Waals surface area (Å²) in [4.78, 5) is 36.3. The first-order valence-electron chi connectivity index (χ1n) is 19.0. The van der Waals surface area contributed by atoms with Crippen LogP contribution in [-0.2, 0) is 0 Å². The second kappa shape index (κ2) is 15.8. The molecule has 4 N–H and O–H groups in total. The number of likely N-dealkylation sites (tertiary alicyclic amines) is 1. The fraction of sp³-hybridized carbons (Fsp3) is 0.326. The first-order chi connectivity index (χ1) is 26.8. The Balaban J connectivity index is 0.810. The van der Waals surface area contributed by atoms with Gasteiger partial charge in [0.15, 0.2) is 11.5 Å². The lowest BCUT2D eigenvalue weighted by molar-refractivity contribution is 0.0797. The Morgan fingerprint density at radius 2 is 1.45 bits per heavy atom. The number of hydrogen-bond acceptors (Lipinski definition) is 9. The van der Waals surface area contributed by atoms with Crippen LogP contribution in [-0.4, -0.2) is 102 Å². The van der Waals surface area contributed by atoms with Gasteiger partial charge in [-0.3, -0.25) is 4.79 Å². The van der Waals surface area contributed by atoms with Gasteiger partial charge in [-0.25, -0.2) is 9.97 Å². The molecule has 12 nitrogen and oxygen atoms in total. The smallest absolute Gasteiger partial charge is 0.256 e. The number of carbonyl (C=O) groups excluding carboxylic acids is 1. The number of amides is 1. The predicted octanol–water partition coefficient (Wildman–Crippen LogP) is 7.15. The molecule has 2 aliphatic rings. The third-order valence-corrected chi connectivity index (χ3v) is 10.5. The number of carbonyl (C=O) groups is 1. The van der Waals surface area contributed by atoms with Crippen molar-refractivity contribution < 1.29 is 19.0 Å². The molecule has 6 aromatic rings. The van der Waals surface area contributed by atoms with Gasteiger partial charge < -0.3 is 44.6 Å². The number of benzene rings is 4. The fourth-order valence-corrected chi connectivity index (χ4v) is 7.25. The zero-order valence-corrected chi connectivity index (χ0v) is 31.6. The maximum atomic E-state index is 13.0. The second-order valence-electron chi connectivity index (χ2n) is 14.5. The van der Waals surface area contributed by atoms with E-state index in [4.69, 9.17) is 29.9 Å². The van der Waals surface area contributed by atoms with Gasteiger partial charge in [0, 0.05) is 67.8 Å². The molecule has 2 saturated heterocycles. The van der Waals surface area contributed by atoms with Crippen molar-refractivity contribution in [2.24, 2.45) is 0 Å². The van der Waals surface area contributed by atoms with E-state index >= 15 is 0 Å². The van der Waals surface area contributed by atoms with Gasteiger partial charge in [-0.15, -0.1) is 0 Å². The Hall–Kier alpha value is -6.01. The average Bonchev–Trinajstić information content (AvgIpc) is 3.95. The minimum absolute atomic E-state index is 0.116. The molecule has 55 heavy (non-hydrogen) atoms. The molecule has 2 fully saturated rings. The Morgan fingerprint density at radius 1 is 0.782 bits per heavy atom. The summed E-state index contributed by atoms with van der Waals surface area (Å²) in [5, 5.41) is 0. The lowest BCUT2D eigenvalue weighted by Crippen LogP contribution is -2.44. The summed E-state index contributed by atoms with van der Waals surface area (Å²) in [6.45, 7) is 10.5. The van der Waals surface area contributed by atoms with Gasteiger partial charge in [0.1, 0.15) is 17.4 Å². The predicted molar refractivity (Wildman–Crippen MR) is 218 cm³/mol. The summed E-state index contributed by atoms with van der Waals surface area (Å²) in [7, 11) is 3.74. The maximum absolute atomic E-state index is 13.0. The highest BCUT2D eigenvalue weighted by atomic mass is 16.5. The summed E-state index contributed by atoms with van der Waals surface area (Å²) in [6, 6.07) is 24.1. The molecule has 0 atom stereocenters. The third kappa shape index (κ3) is 7.95. The van der Waals surface area contributed by atoms with Crippen molar-refractivity contribution in [3.05, 3.63) is 90.5 Å². The number of imidazole rings is 2. The van der Waals surface area contributed by atoms with Crippen LogP contribution >= 0.6 is 0 Å². The maximum Gasteiger partial charge on any atom is 0.256 e. The SMILES string of the molecule is C=C1CCN(C(=O)c2cc(OC)c(OCCCCCOc3ccc(-c4nc5ccc(-c6nc7ccc(N8CCN(C)CC8)cc7[nH]6)cc5[nH]4)cc3)cc2N)C1. The highest BCUT2D eigenvalue weighted by Gasteiger charge is 2.25. The van der Waals surface area contributed by atoms with Gasteiger partial charge in [-0.2, -0.15) is 0 Å². The minimum atomic E-state index is -0.116. The van der Waals surface area contributed by atoms with Crippen LogP contribution < -0.4 is 24.8 Å². The lowest BCUT2D eigenvalue weighted by atomic mass is 10.1. The summed E-state index contributed by atoms with van der Waals surface area (Å²) in [5.74, 6) is 3.37. The van der Waals surface area contributed by atoms with Gasteiger partial charge in [0.2, 0.25) is 0 Å². The standard InChI is InChI=1S/C43H48N8O4/c1-28-15-16-51(27-28)43(52)33-25-39(53-3)40(26-34(33)44)55-22-6-4-5-21-54-32-11-7-29(8-12-32)41-45-35-13-9-30(23-37(35)47-41)42-46-36-14-10-31(24-38(36)48-42)50-19-17-49(2)18-20-50/h7-14,23-26H,1,4-6,15-22,27,44H2,2-3H3,(H,45,47)(H,46,48). The monoisotopic (exact) mass is 740 g/mol. The Morgan fingerprint density at radius 3 is 2.16 bits per heavy atom. The van der Waals surface area contributed by atoms with Crippen molar-refractivity contribution in [1.82, 2.24) is 29.7 Å². The molecule has 284 valence electrons. The molecular formula is C43H48N8O4. The molecule has 0 radical (unpaired) electrons. The number of methoxy groups -OCH3 is 1. The fourth-order valence-electron chi connectivity index (χ4n) is 7.25. The number of ether oxygens (including phenoxy) is 3. The number of nitrogens with one attached hydrogen (secondary N) is 2. The molecule has 4 heterocycles. The molecule has 0 saturated carbocycles. The number of anilines is 2. The molecule has 1 amide bonds. The van der Waals surface area contributed by atoms with Crippen molar-refractivity contribution in [2.45, 2.75) is 25.7 Å². The quantitative estimate of drug-likeness (QED) is 0.0641. The van der Waals surface area contributed by atoms with E-state index < -0.39 is 0 Å². The highest BCUT2D eigenvalue weighted by molar-refractivity contribution is 6.00. The molecule has 0 bridgehead atoms. The van der Waals surface area contributed by atoms with Crippen LogP contribution in [0.25, 0.3) is 44.8 Å². The minimum Gasteiger partial charge on any atom is -0.494 e. The number of hydrogen-bond donors (Lipinski definition) is 3. The molecule has 8 rings (SSSR count). The van der Waals surface area contributed by atoms with E-state index in [-0.39, 0.29) is 5.91 Å². The van der Waals surface area contributed by atoms with Gasteiger partial charge in [0.25, 0.3) is 5.91 Å². The van der Waals surface area contributed by atoms with E-state index in [1.807, 2.05) is 30.3 Å². The number of aromatic amines is 2. The van der Waals surface area contributed by atoms with Crippen LogP contribution in [0.3, 0.4) is 0 Å². The molecule has 12 heteroatoms. The number of nitrogen functional groups attached to an aromatic ring is 1. The van der Waals surface area contributed by atoms with Gasteiger partial charge in [-0.1, -0.05) is 12.2 Å². The largest absolute Gasteiger partial charge is 0.494 e. The van der Waals surface area contributed by atoms with Crippen molar-refractivity contribution in [1.29, 1.82) is 0 Å². The molecule has 0 spiro atoms. The third-order valence-electron chi connectivity index (χ3n) is 10.5.